The Morgan fingerprint density at radius 2 is 1.71 bits per heavy atom. The lowest BCUT2D eigenvalue weighted by Gasteiger charge is -2.34. The van der Waals surface area contributed by atoms with Gasteiger partial charge < -0.3 is 10.2 Å². The number of carbonyl (C=O) groups is 2. The molecule has 4 rings (SSSR count). The summed E-state index contributed by atoms with van der Waals surface area (Å²) in [6, 6.07) is 16.7. The van der Waals surface area contributed by atoms with Gasteiger partial charge in [-0.3, -0.25) is 9.59 Å². The van der Waals surface area contributed by atoms with Crippen molar-refractivity contribution in [1.82, 2.24) is 9.21 Å². The number of fused-ring (bicyclic) bond motifs is 1. The van der Waals surface area contributed by atoms with Crippen molar-refractivity contribution in [3.8, 4) is 0 Å². The Kier molecular flexibility index (Phi) is 6.45. The van der Waals surface area contributed by atoms with Crippen molar-refractivity contribution in [1.29, 1.82) is 0 Å². The van der Waals surface area contributed by atoms with Crippen LogP contribution in [0.1, 0.15) is 12.0 Å². The van der Waals surface area contributed by atoms with Crippen LogP contribution in [0.15, 0.2) is 64.9 Å². The SMILES string of the molecule is O=C1Nc2ccccc2SC1CC(=O)N1CCN(S(=O)(=O)C=Cc2ccccc2)CC1. The third-order valence-corrected chi connectivity index (χ3v) is 8.09. The van der Waals surface area contributed by atoms with E-state index in [1.807, 2.05) is 54.6 Å². The molecule has 2 aromatic rings. The second-order valence-electron chi connectivity index (χ2n) is 7.33. The van der Waals surface area contributed by atoms with Crippen LogP contribution in [0.3, 0.4) is 0 Å². The topological polar surface area (TPSA) is 86.8 Å². The number of hydrogen-bond donors (Lipinski definition) is 1. The highest BCUT2D eigenvalue weighted by molar-refractivity contribution is 8.01. The number of piperazine rings is 1. The van der Waals surface area contributed by atoms with Gasteiger partial charge in [-0.15, -0.1) is 11.8 Å². The third kappa shape index (κ3) is 5.17. The maximum atomic E-state index is 12.7. The van der Waals surface area contributed by atoms with E-state index in [-0.39, 0.29) is 31.3 Å². The Hall–Kier alpha value is -2.62. The molecule has 9 heteroatoms. The van der Waals surface area contributed by atoms with E-state index in [0.717, 1.165) is 16.1 Å². The molecule has 1 unspecified atom stereocenters. The van der Waals surface area contributed by atoms with E-state index in [4.69, 9.17) is 0 Å². The number of nitrogens with zero attached hydrogens (tertiary/aromatic N) is 2. The first-order valence-electron chi connectivity index (χ1n) is 10.00. The smallest absolute Gasteiger partial charge is 0.238 e. The van der Waals surface area contributed by atoms with E-state index in [2.05, 4.69) is 5.32 Å². The van der Waals surface area contributed by atoms with Crippen LogP contribution < -0.4 is 5.32 Å². The van der Waals surface area contributed by atoms with Gasteiger partial charge in [0.15, 0.2) is 0 Å². The van der Waals surface area contributed by atoms with E-state index >= 15 is 0 Å². The number of benzene rings is 2. The van der Waals surface area contributed by atoms with Crippen LogP contribution in [-0.2, 0) is 19.6 Å². The average molecular weight is 458 g/mol. The molecule has 7 nitrogen and oxygen atoms in total. The minimum absolute atomic E-state index is 0.0888. The second-order valence-corrected chi connectivity index (χ2v) is 10.4. The van der Waals surface area contributed by atoms with Crippen LogP contribution in [0.2, 0.25) is 0 Å². The molecule has 0 saturated carbocycles. The van der Waals surface area contributed by atoms with Crippen LogP contribution in [0.25, 0.3) is 6.08 Å². The molecule has 1 atom stereocenters. The fraction of sp³-hybridized carbons (Fsp3) is 0.273. The van der Waals surface area contributed by atoms with Gasteiger partial charge in [0.05, 0.1) is 10.9 Å². The largest absolute Gasteiger partial charge is 0.340 e. The number of hydrogen-bond acceptors (Lipinski definition) is 5. The van der Waals surface area contributed by atoms with Crippen LogP contribution in [0.4, 0.5) is 5.69 Å². The lowest BCUT2D eigenvalue weighted by Crippen LogP contribution is -2.50. The number of sulfonamides is 1. The number of nitrogens with one attached hydrogen (secondary N) is 1. The fourth-order valence-electron chi connectivity index (χ4n) is 3.52. The number of rotatable bonds is 5. The maximum absolute atomic E-state index is 12.7. The highest BCUT2D eigenvalue weighted by Crippen LogP contribution is 2.36. The first-order chi connectivity index (χ1) is 14.9. The molecule has 162 valence electrons. The Morgan fingerprint density at radius 3 is 2.45 bits per heavy atom. The van der Waals surface area contributed by atoms with Crippen molar-refractivity contribution in [2.45, 2.75) is 16.6 Å². The highest BCUT2D eigenvalue weighted by Gasteiger charge is 2.32. The van der Waals surface area contributed by atoms with Crippen LogP contribution in [0, 0.1) is 0 Å². The summed E-state index contributed by atoms with van der Waals surface area (Å²) < 4.78 is 26.6. The zero-order chi connectivity index (χ0) is 21.8. The molecular formula is C22H23N3O4S2. The predicted molar refractivity (Wildman–Crippen MR) is 122 cm³/mol. The molecule has 1 saturated heterocycles. The van der Waals surface area contributed by atoms with Crippen molar-refractivity contribution in [3.63, 3.8) is 0 Å². The summed E-state index contributed by atoms with van der Waals surface area (Å²) in [7, 11) is -3.55. The van der Waals surface area contributed by atoms with Gasteiger partial charge in [-0.2, -0.15) is 4.31 Å². The Bertz CT molecular complexity index is 1090. The van der Waals surface area contributed by atoms with Crippen molar-refractivity contribution in [2.75, 3.05) is 31.5 Å². The summed E-state index contributed by atoms with van der Waals surface area (Å²) in [6.07, 6.45) is 1.66. The summed E-state index contributed by atoms with van der Waals surface area (Å²) in [6.45, 7) is 1.10. The normalized spacial score (nSPS) is 19.8. The van der Waals surface area contributed by atoms with Gasteiger partial charge in [0.25, 0.3) is 0 Å². The zero-order valence-corrected chi connectivity index (χ0v) is 18.4. The van der Waals surface area contributed by atoms with Gasteiger partial charge in [0.1, 0.15) is 0 Å². The first kappa shape index (κ1) is 21.6. The Balaban J connectivity index is 1.32. The number of carbonyl (C=O) groups excluding carboxylic acids is 2. The molecule has 1 fully saturated rings. The summed E-state index contributed by atoms with van der Waals surface area (Å²) in [4.78, 5) is 27.7. The zero-order valence-electron chi connectivity index (χ0n) is 16.8. The van der Waals surface area contributed by atoms with Gasteiger partial charge in [-0.1, -0.05) is 42.5 Å². The van der Waals surface area contributed by atoms with E-state index in [1.54, 1.807) is 11.0 Å². The summed E-state index contributed by atoms with van der Waals surface area (Å²) in [5, 5.41) is 3.57. The molecule has 2 heterocycles. The summed E-state index contributed by atoms with van der Waals surface area (Å²) >= 11 is 1.39. The van der Waals surface area contributed by atoms with Gasteiger partial charge >= 0.3 is 0 Å². The quantitative estimate of drug-likeness (QED) is 0.746. The molecular weight excluding hydrogens is 434 g/mol. The minimum atomic E-state index is -3.55. The molecule has 2 amide bonds. The molecule has 2 aliphatic rings. The van der Waals surface area contributed by atoms with Crippen LogP contribution >= 0.6 is 11.8 Å². The minimum Gasteiger partial charge on any atom is -0.340 e. The predicted octanol–water partition coefficient (Wildman–Crippen LogP) is 2.63. The number of amides is 2. The van der Waals surface area contributed by atoms with E-state index in [0.29, 0.717) is 13.1 Å². The molecule has 0 aromatic heterocycles. The number of para-hydroxylation sites is 1. The number of anilines is 1. The average Bonchev–Trinajstić information content (AvgIpc) is 2.79. The fourth-order valence-corrected chi connectivity index (χ4v) is 5.80. The molecule has 0 spiro atoms. The van der Waals surface area contributed by atoms with Gasteiger partial charge in [-0.05, 0) is 23.8 Å². The van der Waals surface area contributed by atoms with Crippen molar-refractivity contribution < 1.29 is 18.0 Å². The van der Waals surface area contributed by atoms with Crippen LogP contribution in [-0.4, -0.2) is 60.9 Å². The molecule has 2 aliphatic heterocycles. The second kappa shape index (κ2) is 9.25. The summed E-state index contributed by atoms with van der Waals surface area (Å²) in [5.74, 6) is -0.312. The van der Waals surface area contributed by atoms with E-state index < -0.39 is 15.3 Å². The summed E-state index contributed by atoms with van der Waals surface area (Å²) in [5.41, 5.74) is 1.58. The molecule has 1 N–H and O–H groups in total. The Morgan fingerprint density at radius 1 is 1.03 bits per heavy atom. The van der Waals surface area contributed by atoms with Crippen molar-refractivity contribution >= 4 is 45.4 Å². The van der Waals surface area contributed by atoms with Gasteiger partial charge in [0.2, 0.25) is 21.8 Å². The lowest BCUT2D eigenvalue weighted by molar-refractivity contribution is -0.133. The van der Waals surface area contributed by atoms with Gasteiger partial charge in [0, 0.05) is 42.9 Å². The molecule has 31 heavy (non-hydrogen) atoms. The van der Waals surface area contributed by atoms with Crippen molar-refractivity contribution in [3.05, 3.63) is 65.6 Å². The molecule has 0 radical (unpaired) electrons. The van der Waals surface area contributed by atoms with Crippen molar-refractivity contribution in [2.24, 2.45) is 0 Å². The maximum Gasteiger partial charge on any atom is 0.238 e. The van der Waals surface area contributed by atoms with Gasteiger partial charge in [-0.25, -0.2) is 8.42 Å². The molecule has 0 bridgehead atoms. The standard InChI is InChI=1S/C22H23N3O4S2/c26-21(16-20-22(27)23-18-8-4-5-9-19(18)30-20)24-11-13-25(14-12-24)31(28,29)15-10-17-6-2-1-3-7-17/h1-10,15,20H,11-14,16H2,(H,23,27). The van der Waals surface area contributed by atoms with E-state index in [9.17, 15) is 18.0 Å². The van der Waals surface area contributed by atoms with Crippen LogP contribution in [0.5, 0.6) is 0 Å². The third-order valence-electron chi connectivity index (χ3n) is 5.25. The monoisotopic (exact) mass is 457 g/mol. The molecule has 2 aromatic carbocycles. The lowest BCUT2D eigenvalue weighted by atomic mass is 10.2. The first-order valence-corrected chi connectivity index (χ1v) is 12.4. The number of thioether (sulfide) groups is 1. The Labute approximate surface area is 186 Å². The highest BCUT2D eigenvalue weighted by atomic mass is 32.2. The molecule has 0 aliphatic carbocycles. The van der Waals surface area contributed by atoms with E-state index in [1.165, 1.54) is 21.5 Å².